The van der Waals surface area contributed by atoms with Crippen molar-refractivity contribution in [3.63, 3.8) is 0 Å². The van der Waals surface area contributed by atoms with Gasteiger partial charge in [0.15, 0.2) is 0 Å². The van der Waals surface area contributed by atoms with Crippen LogP contribution in [-0.2, 0) is 20.9 Å². The van der Waals surface area contributed by atoms with Crippen LogP contribution >= 0.6 is 0 Å². The number of aliphatic carboxylic acids is 1. The first kappa shape index (κ1) is 19.4. The van der Waals surface area contributed by atoms with Gasteiger partial charge in [0.05, 0.1) is 12.0 Å². The lowest BCUT2D eigenvalue weighted by Gasteiger charge is -2.26. The Balaban J connectivity index is 1.63. The molecule has 7 nitrogen and oxygen atoms in total. The van der Waals surface area contributed by atoms with Crippen molar-refractivity contribution < 1.29 is 24.2 Å². The van der Waals surface area contributed by atoms with Gasteiger partial charge >= 0.3 is 6.09 Å². The Morgan fingerprint density at radius 3 is 2.36 bits per heavy atom. The van der Waals surface area contributed by atoms with Crippen LogP contribution in [0.15, 0.2) is 60.7 Å². The summed E-state index contributed by atoms with van der Waals surface area (Å²) in [6.45, 7) is 0.489. The number of benzene rings is 2. The molecule has 1 aliphatic rings. The van der Waals surface area contributed by atoms with Gasteiger partial charge in [-0.05, 0) is 24.0 Å². The highest BCUT2D eigenvalue weighted by molar-refractivity contribution is 5.89. The van der Waals surface area contributed by atoms with Gasteiger partial charge < -0.3 is 20.0 Å². The van der Waals surface area contributed by atoms with Crippen molar-refractivity contribution in [2.24, 2.45) is 0 Å². The lowest BCUT2D eigenvalue weighted by Crippen LogP contribution is -2.50. The number of carboxylic acids is 1. The highest BCUT2D eigenvalue weighted by Gasteiger charge is 2.36. The summed E-state index contributed by atoms with van der Waals surface area (Å²) in [6, 6.07) is 15.5. The molecule has 0 saturated carbocycles. The first-order chi connectivity index (χ1) is 13.6. The Labute approximate surface area is 162 Å². The molecule has 0 aromatic heterocycles. The summed E-state index contributed by atoms with van der Waals surface area (Å²) in [6.07, 6.45) is 0.493. The minimum atomic E-state index is -1.41. The van der Waals surface area contributed by atoms with E-state index in [2.05, 4.69) is 5.32 Å². The lowest BCUT2D eigenvalue weighted by atomic mass is 10.1. The summed E-state index contributed by atoms with van der Waals surface area (Å²) in [5.74, 6) is -1.94. The molecule has 1 aliphatic heterocycles. The average molecular weight is 381 g/mol. The minimum Gasteiger partial charge on any atom is -0.548 e. The topological polar surface area (TPSA) is 98.8 Å². The molecule has 1 N–H and O–H groups in total. The molecule has 0 spiro atoms. The Bertz CT molecular complexity index is 825. The summed E-state index contributed by atoms with van der Waals surface area (Å²) < 4.78 is 5.31. The van der Waals surface area contributed by atoms with Gasteiger partial charge in [0.25, 0.3) is 0 Å². The molecule has 1 saturated heterocycles. The summed E-state index contributed by atoms with van der Waals surface area (Å²) in [5.41, 5.74) is 1.25. The van der Waals surface area contributed by atoms with Gasteiger partial charge in [-0.1, -0.05) is 60.7 Å². The van der Waals surface area contributed by atoms with E-state index in [1.165, 1.54) is 4.90 Å². The van der Waals surface area contributed by atoms with Crippen molar-refractivity contribution in [1.29, 1.82) is 0 Å². The van der Waals surface area contributed by atoms with Crippen molar-refractivity contribution in [3.8, 4) is 0 Å². The van der Waals surface area contributed by atoms with E-state index in [-0.39, 0.29) is 6.61 Å². The number of hydrogen-bond donors (Lipinski definition) is 1. The molecule has 1 heterocycles. The third-order valence-electron chi connectivity index (χ3n) is 4.65. The minimum absolute atomic E-state index is 0.107. The molecule has 7 heteroatoms. The maximum atomic E-state index is 12.7. The van der Waals surface area contributed by atoms with Crippen molar-refractivity contribution in [2.75, 3.05) is 6.54 Å². The van der Waals surface area contributed by atoms with Crippen LogP contribution in [0.2, 0.25) is 0 Å². The molecule has 28 heavy (non-hydrogen) atoms. The molecule has 2 aromatic rings. The lowest BCUT2D eigenvalue weighted by molar-refractivity contribution is -0.308. The Morgan fingerprint density at radius 1 is 1.07 bits per heavy atom. The molecule has 0 unspecified atom stereocenters. The molecular formula is C21H21N2O5-. The predicted molar refractivity (Wildman–Crippen MR) is 98.7 cm³/mol. The Hall–Kier alpha value is -3.35. The average Bonchev–Trinajstić information content (AvgIpc) is 3.21. The van der Waals surface area contributed by atoms with Crippen molar-refractivity contribution >= 4 is 18.0 Å². The molecule has 2 aromatic carbocycles. The number of amides is 2. The van der Waals surface area contributed by atoms with Crippen LogP contribution in [0, 0.1) is 0 Å². The van der Waals surface area contributed by atoms with Gasteiger partial charge in [-0.2, -0.15) is 0 Å². The van der Waals surface area contributed by atoms with E-state index in [1.807, 2.05) is 30.3 Å². The number of carbonyl (C=O) groups excluding carboxylic acids is 3. The first-order valence-electron chi connectivity index (χ1n) is 9.10. The fraction of sp³-hybridized carbons (Fsp3) is 0.286. The molecule has 0 radical (unpaired) electrons. The maximum Gasteiger partial charge on any atom is 0.410 e. The summed E-state index contributed by atoms with van der Waals surface area (Å²) >= 11 is 0. The highest BCUT2D eigenvalue weighted by atomic mass is 16.6. The van der Waals surface area contributed by atoms with Gasteiger partial charge in [0.1, 0.15) is 12.6 Å². The van der Waals surface area contributed by atoms with Crippen molar-refractivity contribution in [1.82, 2.24) is 10.2 Å². The van der Waals surface area contributed by atoms with Gasteiger partial charge in [-0.25, -0.2) is 4.79 Å². The van der Waals surface area contributed by atoms with Crippen molar-refractivity contribution in [3.05, 3.63) is 71.8 Å². The number of rotatable bonds is 6. The maximum absolute atomic E-state index is 12.7. The molecule has 1 fully saturated rings. The number of nitrogens with zero attached hydrogens (tertiary/aromatic N) is 1. The predicted octanol–water partition coefficient (Wildman–Crippen LogP) is 1.39. The number of carbonyl (C=O) groups is 3. The molecule has 0 bridgehead atoms. The number of ether oxygens (including phenoxy) is 1. The second-order valence-corrected chi connectivity index (χ2v) is 6.56. The zero-order valence-electron chi connectivity index (χ0n) is 15.2. The third-order valence-corrected chi connectivity index (χ3v) is 4.65. The Morgan fingerprint density at radius 2 is 1.71 bits per heavy atom. The number of likely N-dealkylation sites (tertiary alicyclic amines) is 1. The van der Waals surface area contributed by atoms with Crippen LogP contribution in [0.4, 0.5) is 4.79 Å². The quantitative estimate of drug-likeness (QED) is 0.815. The van der Waals surface area contributed by atoms with E-state index in [1.54, 1.807) is 30.3 Å². The standard InChI is InChI=1S/C21H22N2O5/c24-19(22-18(20(25)26)16-10-5-2-6-11-16)17-12-7-13-23(17)21(27)28-14-15-8-3-1-4-9-15/h1-6,8-11,17-18H,7,12-14H2,(H,22,24)(H,25,26)/p-1/t17-,18-/m1/s1. The molecule has 3 rings (SSSR count). The van der Waals surface area contributed by atoms with Crippen LogP contribution in [0.5, 0.6) is 0 Å². The summed E-state index contributed by atoms with van der Waals surface area (Å²) in [7, 11) is 0. The number of carboxylic acid groups (broad SMARTS) is 1. The number of hydrogen-bond acceptors (Lipinski definition) is 5. The second-order valence-electron chi connectivity index (χ2n) is 6.56. The summed E-state index contributed by atoms with van der Waals surface area (Å²) in [5, 5.41) is 14.0. The van der Waals surface area contributed by atoms with E-state index in [0.29, 0.717) is 24.9 Å². The van der Waals surface area contributed by atoms with Crippen LogP contribution in [0.1, 0.15) is 30.0 Å². The number of nitrogens with one attached hydrogen (secondary N) is 1. The highest BCUT2D eigenvalue weighted by Crippen LogP contribution is 2.21. The zero-order valence-corrected chi connectivity index (χ0v) is 15.2. The summed E-state index contributed by atoms with van der Waals surface area (Å²) in [4.78, 5) is 37.9. The van der Waals surface area contributed by atoms with Crippen LogP contribution < -0.4 is 10.4 Å². The largest absolute Gasteiger partial charge is 0.548 e. The molecule has 2 amide bonds. The van der Waals surface area contributed by atoms with Gasteiger partial charge in [-0.15, -0.1) is 0 Å². The van der Waals surface area contributed by atoms with Gasteiger partial charge in [0.2, 0.25) is 5.91 Å². The van der Waals surface area contributed by atoms with Crippen LogP contribution in [-0.4, -0.2) is 35.5 Å². The molecule has 0 aliphatic carbocycles. The monoisotopic (exact) mass is 381 g/mol. The van der Waals surface area contributed by atoms with E-state index in [9.17, 15) is 19.5 Å². The van der Waals surface area contributed by atoms with E-state index >= 15 is 0 Å². The Kier molecular flexibility index (Phi) is 6.26. The smallest absolute Gasteiger partial charge is 0.410 e. The van der Waals surface area contributed by atoms with E-state index in [4.69, 9.17) is 4.74 Å². The van der Waals surface area contributed by atoms with Crippen LogP contribution in [0.3, 0.4) is 0 Å². The third kappa shape index (κ3) is 4.68. The molecule has 2 atom stereocenters. The SMILES string of the molecule is O=C(N[C@@H](C(=O)[O-])c1ccccc1)[C@H]1CCCN1C(=O)OCc1ccccc1. The van der Waals surface area contributed by atoms with E-state index < -0.39 is 30.1 Å². The van der Waals surface area contributed by atoms with E-state index in [0.717, 1.165) is 5.56 Å². The van der Waals surface area contributed by atoms with Gasteiger partial charge in [0, 0.05) is 6.54 Å². The fourth-order valence-corrected chi connectivity index (χ4v) is 3.22. The van der Waals surface area contributed by atoms with Crippen LogP contribution in [0.25, 0.3) is 0 Å². The van der Waals surface area contributed by atoms with Gasteiger partial charge in [-0.3, -0.25) is 9.69 Å². The molecule has 146 valence electrons. The normalized spacial score (nSPS) is 17.0. The fourth-order valence-electron chi connectivity index (χ4n) is 3.22. The molecular weight excluding hydrogens is 360 g/mol. The van der Waals surface area contributed by atoms with Crippen molar-refractivity contribution in [2.45, 2.75) is 31.5 Å². The first-order valence-corrected chi connectivity index (χ1v) is 9.10. The zero-order chi connectivity index (χ0) is 19.9. The second kappa shape index (κ2) is 9.03.